The Morgan fingerprint density at radius 3 is 2.53 bits per heavy atom. The predicted molar refractivity (Wildman–Crippen MR) is 86.3 cm³/mol. The van der Waals surface area contributed by atoms with E-state index in [1.165, 1.54) is 0 Å². The van der Waals surface area contributed by atoms with Gasteiger partial charge in [0, 0.05) is 22.1 Å². The zero-order valence-electron chi connectivity index (χ0n) is 10.4. The smallest absolute Gasteiger partial charge is 0.135 e. The van der Waals surface area contributed by atoms with Crippen LogP contribution >= 0.6 is 43.5 Å². The number of anilines is 2. The Labute approximate surface area is 134 Å². The number of nitrogens with one attached hydrogen (secondary N) is 1. The second kappa shape index (κ2) is 6.20. The van der Waals surface area contributed by atoms with Gasteiger partial charge in [0.2, 0.25) is 0 Å². The topological polar surface area (TPSA) is 37.8 Å². The molecule has 0 aliphatic rings. The van der Waals surface area contributed by atoms with Gasteiger partial charge in [-0.3, -0.25) is 0 Å². The standard InChI is InChI=1S/C13H12Br2ClN3/c1-7(2)13-18-11(15)6-12(19-13)17-8-3-4-9(14)10(16)5-8/h3-7H,1-2H3,(H,17,18,19). The lowest BCUT2D eigenvalue weighted by Gasteiger charge is -2.10. The van der Waals surface area contributed by atoms with E-state index in [1.54, 1.807) is 0 Å². The van der Waals surface area contributed by atoms with Gasteiger partial charge in [-0.05, 0) is 50.1 Å². The number of hydrogen-bond donors (Lipinski definition) is 1. The van der Waals surface area contributed by atoms with E-state index in [0.717, 1.165) is 26.4 Å². The van der Waals surface area contributed by atoms with Crippen LogP contribution in [-0.2, 0) is 0 Å². The van der Waals surface area contributed by atoms with Crippen LogP contribution in [0.3, 0.4) is 0 Å². The first-order chi connectivity index (χ1) is 8.95. The Balaban J connectivity index is 2.29. The number of benzene rings is 1. The third-order valence-corrected chi connectivity index (χ3v) is 4.06. The summed E-state index contributed by atoms with van der Waals surface area (Å²) < 4.78 is 1.63. The van der Waals surface area contributed by atoms with Crippen molar-refractivity contribution >= 4 is 55.0 Å². The molecule has 0 bridgehead atoms. The minimum atomic E-state index is 0.270. The van der Waals surface area contributed by atoms with Gasteiger partial charge >= 0.3 is 0 Å². The molecule has 1 heterocycles. The molecular weight excluding hydrogens is 393 g/mol. The van der Waals surface area contributed by atoms with Crippen LogP contribution in [0.5, 0.6) is 0 Å². The van der Waals surface area contributed by atoms with E-state index < -0.39 is 0 Å². The van der Waals surface area contributed by atoms with E-state index in [4.69, 9.17) is 11.6 Å². The van der Waals surface area contributed by atoms with E-state index in [1.807, 2.05) is 24.3 Å². The van der Waals surface area contributed by atoms with Crippen molar-refractivity contribution in [3.8, 4) is 0 Å². The maximum absolute atomic E-state index is 6.06. The minimum absolute atomic E-state index is 0.270. The Morgan fingerprint density at radius 1 is 1.16 bits per heavy atom. The fraction of sp³-hybridized carbons (Fsp3) is 0.231. The van der Waals surface area contributed by atoms with E-state index >= 15 is 0 Å². The predicted octanol–water partition coefficient (Wildman–Crippen LogP) is 5.52. The van der Waals surface area contributed by atoms with Gasteiger partial charge in [-0.2, -0.15) is 0 Å². The third kappa shape index (κ3) is 3.91. The molecule has 6 heteroatoms. The average Bonchev–Trinajstić information content (AvgIpc) is 2.33. The largest absolute Gasteiger partial charge is 0.340 e. The highest BCUT2D eigenvalue weighted by Gasteiger charge is 2.07. The molecule has 0 saturated heterocycles. The summed E-state index contributed by atoms with van der Waals surface area (Å²) in [5.41, 5.74) is 0.883. The van der Waals surface area contributed by atoms with Gasteiger partial charge in [0.05, 0.1) is 5.02 Å². The molecule has 19 heavy (non-hydrogen) atoms. The molecule has 100 valence electrons. The molecule has 2 aromatic rings. The molecule has 1 N–H and O–H groups in total. The highest BCUT2D eigenvalue weighted by Crippen LogP contribution is 2.27. The van der Waals surface area contributed by atoms with Crippen molar-refractivity contribution in [2.75, 3.05) is 5.32 Å². The van der Waals surface area contributed by atoms with Crippen molar-refractivity contribution in [2.45, 2.75) is 19.8 Å². The van der Waals surface area contributed by atoms with Crippen LogP contribution in [0.1, 0.15) is 25.6 Å². The summed E-state index contributed by atoms with van der Waals surface area (Å²) in [7, 11) is 0. The Morgan fingerprint density at radius 2 is 1.89 bits per heavy atom. The number of halogens is 3. The first-order valence-electron chi connectivity index (χ1n) is 5.72. The number of aromatic nitrogens is 2. The second-order valence-electron chi connectivity index (χ2n) is 4.34. The lowest BCUT2D eigenvalue weighted by atomic mass is 10.2. The van der Waals surface area contributed by atoms with Crippen LogP contribution in [0.15, 0.2) is 33.3 Å². The first kappa shape index (κ1) is 14.8. The monoisotopic (exact) mass is 403 g/mol. The molecule has 2 rings (SSSR count). The van der Waals surface area contributed by atoms with Crippen LogP contribution in [0.25, 0.3) is 0 Å². The van der Waals surface area contributed by atoms with Crippen LogP contribution in [0.2, 0.25) is 5.02 Å². The molecule has 0 radical (unpaired) electrons. The average molecular weight is 406 g/mol. The van der Waals surface area contributed by atoms with Crippen molar-refractivity contribution in [3.63, 3.8) is 0 Å². The van der Waals surface area contributed by atoms with Crippen LogP contribution in [-0.4, -0.2) is 9.97 Å². The van der Waals surface area contributed by atoms with Gasteiger partial charge in [0.1, 0.15) is 16.2 Å². The molecule has 1 aromatic carbocycles. The first-order valence-corrected chi connectivity index (χ1v) is 7.68. The summed E-state index contributed by atoms with van der Waals surface area (Å²) in [4.78, 5) is 8.81. The summed E-state index contributed by atoms with van der Waals surface area (Å²) >= 11 is 12.8. The summed E-state index contributed by atoms with van der Waals surface area (Å²) in [6, 6.07) is 7.50. The number of nitrogens with zero attached hydrogens (tertiary/aromatic N) is 2. The molecule has 0 amide bonds. The summed E-state index contributed by atoms with van der Waals surface area (Å²) in [6.07, 6.45) is 0. The second-order valence-corrected chi connectivity index (χ2v) is 6.42. The maximum Gasteiger partial charge on any atom is 0.135 e. The highest BCUT2D eigenvalue weighted by atomic mass is 79.9. The third-order valence-electron chi connectivity index (χ3n) is 2.42. The summed E-state index contributed by atoms with van der Waals surface area (Å²) in [5.74, 6) is 1.80. The molecule has 0 atom stereocenters. The van der Waals surface area contributed by atoms with Crippen molar-refractivity contribution in [1.82, 2.24) is 9.97 Å². The molecule has 0 saturated carbocycles. The molecule has 0 spiro atoms. The zero-order valence-corrected chi connectivity index (χ0v) is 14.3. The van der Waals surface area contributed by atoms with Crippen LogP contribution in [0, 0.1) is 0 Å². The molecule has 0 unspecified atom stereocenters. The molecule has 0 aliphatic carbocycles. The lowest BCUT2D eigenvalue weighted by molar-refractivity contribution is 0.771. The van der Waals surface area contributed by atoms with Crippen molar-refractivity contribution in [1.29, 1.82) is 0 Å². The van der Waals surface area contributed by atoms with Crippen LogP contribution < -0.4 is 5.32 Å². The Bertz CT molecular complexity index is 602. The van der Waals surface area contributed by atoms with Gasteiger partial charge in [0.15, 0.2) is 0 Å². The van der Waals surface area contributed by atoms with E-state index in [0.29, 0.717) is 5.02 Å². The zero-order chi connectivity index (χ0) is 14.0. The highest BCUT2D eigenvalue weighted by molar-refractivity contribution is 9.10. The molecular formula is C13H12Br2ClN3. The lowest BCUT2D eigenvalue weighted by Crippen LogP contribution is -2.02. The molecule has 1 aromatic heterocycles. The molecule has 0 aliphatic heterocycles. The van der Waals surface area contributed by atoms with E-state index in [-0.39, 0.29) is 5.92 Å². The van der Waals surface area contributed by atoms with E-state index in [9.17, 15) is 0 Å². The minimum Gasteiger partial charge on any atom is -0.340 e. The van der Waals surface area contributed by atoms with Gasteiger partial charge < -0.3 is 5.32 Å². The van der Waals surface area contributed by atoms with Crippen molar-refractivity contribution in [3.05, 3.63) is 44.2 Å². The summed E-state index contributed by atoms with van der Waals surface area (Å²) in [6.45, 7) is 4.12. The maximum atomic E-state index is 6.06. The fourth-order valence-electron chi connectivity index (χ4n) is 1.48. The summed E-state index contributed by atoms with van der Waals surface area (Å²) in [5, 5.41) is 3.88. The van der Waals surface area contributed by atoms with Gasteiger partial charge in [-0.25, -0.2) is 9.97 Å². The fourth-order valence-corrected chi connectivity index (χ4v) is 2.30. The van der Waals surface area contributed by atoms with Gasteiger partial charge in [-0.1, -0.05) is 25.4 Å². The van der Waals surface area contributed by atoms with Gasteiger partial charge in [0.25, 0.3) is 0 Å². The molecule has 3 nitrogen and oxygen atoms in total. The van der Waals surface area contributed by atoms with Crippen LogP contribution in [0.4, 0.5) is 11.5 Å². The quantitative estimate of drug-likeness (QED) is 0.683. The molecule has 0 fully saturated rings. The van der Waals surface area contributed by atoms with Crippen molar-refractivity contribution in [2.24, 2.45) is 0 Å². The Kier molecular flexibility index (Phi) is 4.81. The van der Waals surface area contributed by atoms with Gasteiger partial charge in [-0.15, -0.1) is 0 Å². The SMILES string of the molecule is CC(C)c1nc(Br)cc(Nc2ccc(Br)c(Cl)c2)n1. The number of hydrogen-bond acceptors (Lipinski definition) is 3. The number of rotatable bonds is 3. The van der Waals surface area contributed by atoms with E-state index in [2.05, 4.69) is 61.0 Å². The normalized spacial score (nSPS) is 10.8. The van der Waals surface area contributed by atoms with Crippen molar-refractivity contribution < 1.29 is 0 Å². The Hall–Kier alpha value is -0.650.